The number of hydrogen-bond donors (Lipinski definition) is 2. The Morgan fingerprint density at radius 3 is 2.67 bits per heavy atom. The summed E-state index contributed by atoms with van der Waals surface area (Å²) in [7, 11) is 0. The molecule has 0 saturated heterocycles. The smallest absolute Gasteiger partial charge is 0.310 e. The van der Waals surface area contributed by atoms with Crippen molar-refractivity contribution >= 4 is 11.6 Å². The highest BCUT2D eigenvalue weighted by atomic mass is 16.6. The molecule has 1 amide bonds. The number of para-hydroxylation sites is 2. The third-order valence-electron chi connectivity index (χ3n) is 2.83. The van der Waals surface area contributed by atoms with Crippen LogP contribution in [0.2, 0.25) is 0 Å². The van der Waals surface area contributed by atoms with E-state index in [0.717, 1.165) is 6.42 Å². The summed E-state index contributed by atoms with van der Waals surface area (Å²) < 4.78 is 5.22. The molecule has 7 nitrogen and oxygen atoms in total. The predicted molar refractivity (Wildman–Crippen MR) is 79.0 cm³/mol. The molecule has 116 valence electrons. The number of amides is 1. The fourth-order valence-corrected chi connectivity index (χ4v) is 1.93. The molecule has 0 aromatic heterocycles. The van der Waals surface area contributed by atoms with Gasteiger partial charge in [-0.2, -0.15) is 0 Å². The summed E-state index contributed by atoms with van der Waals surface area (Å²) in [6.07, 6.45) is 0.772. The standard InChI is InChI=1S/C14H21N3O4/c1-10(2)7-11(8-15)16-14(18)9-21-13-6-4-3-5-12(13)17(19)20/h3-6,10-11H,7-9,15H2,1-2H3,(H,16,18). The average molecular weight is 295 g/mol. The zero-order valence-corrected chi connectivity index (χ0v) is 12.2. The van der Waals surface area contributed by atoms with Crippen LogP contribution in [0, 0.1) is 16.0 Å². The Bertz CT molecular complexity index is 491. The Balaban J connectivity index is 2.55. The van der Waals surface area contributed by atoms with Crippen LogP contribution in [0.5, 0.6) is 5.75 Å². The van der Waals surface area contributed by atoms with Gasteiger partial charge < -0.3 is 15.8 Å². The van der Waals surface area contributed by atoms with E-state index in [9.17, 15) is 14.9 Å². The summed E-state index contributed by atoms with van der Waals surface area (Å²) in [4.78, 5) is 22.1. The summed E-state index contributed by atoms with van der Waals surface area (Å²) in [6.45, 7) is 4.14. The Kier molecular flexibility index (Phi) is 6.61. The highest BCUT2D eigenvalue weighted by Crippen LogP contribution is 2.25. The number of nitrogens with two attached hydrogens (primary N) is 1. The quantitative estimate of drug-likeness (QED) is 0.557. The van der Waals surface area contributed by atoms with Crippen LogP contribution in [0.3, 0.4) is 0 Å². The van der Waals surface area contributed by atoms with Gasteiger partial charge in [-0.15, -0.1) is 0 Å². The first-order valence-electron chi connectivity index (χ1n) is 6.79. The summed E-state index contributed by atoms with van der Waals surface area (Å²) in [5, 5.41) is 13.6. The van der Waals surface area contributed by atoms with Crippen molar-refractivity contribution in [2.24, 2.45) is 11.7 Å². The largest absolute Gasteiger partial charge is 0.477 e. The van der Waals surface area contributed by atoms with Gasteiger partial charge >= 0.3 is 5.69 Å². The Morgan fingerprint density at radius 2 is 2.10 bits per heavy atom. The van der Waals surface area contributed by atoms with E-state index in [1.807, 2.05) is 13.8 Å². The topological polar surface area (TPSA) is 107 Å². The van der Waals surface area contributed by atoms with E-state index >= 15 is 0 Å². The average Bonchev–Trinajstić information content (AvgIpc) is 2.44. The SMILES string of the molecule is CC(C)CC(CN)NC(=O)COc1ccccc1[N+](=O)[O-]. The number of nitrogens with one attached hydrogen (secondary N) is 1. The lowest BCUT2D eigenvalue weighted by Gasteiger charge is -2.18. The molecule has 1 rings (SSSR count). The molecular weight excluding hydrogens is 274 g/mol. The van der Waals surface area contributed by atoms with Gasteiger partial charge in [-0.05, 0) is 18.4 Å². The monoisotopic (exact) mass is 295 g/mol. The fraction of sp³-hybridized carbons (Fsp3) is 0.500. The second-order valence-electron chi connectivity index (χ2n) is 5.14. The normalized spacial score (nSPS) is 12.0. The van der Waals surface area contributed by atoms with Crippen LogP contribution in [0.25, 0.3) is 0 Å². The van der Waals surface area contributed by atoms with E-state index < -0.39 is 4.92 Å². The molecule has 0 radical (unpaired) electrons. The third-order valence-corrected chi connectivity index (χ3v) is 2.83. The first-order chi connectivity index (χ1) is 9.93. The molecule has 0 bridgehead atoms. The first kappa shape index (κ1) is 16.9. The van der Waals surface area contributed by atoms with Gasteiger partial charge in [0.05, 0.1) is 4.92 Å². The maximum Gasteiger partial charge on any atom is 0.310 e. The molecule has 3 N–H and O–H groups in total. The molecule has 1 unspecified atom stereocenters. The second kappa shape index (κ2) is 8.21. The zero-order valence-electron chi connectivity index (χ0n) is 12.2. The van der Waals surface area contributed by atoms with Gasteiger partial charge in [-0.3, -0.25) is 14.9 Å². The minimum absolute atomic E-state index is 0.0748. The molecule has 0 aliphatic rings. The lowest BCUT2D eigenvalue weighted by atomic mass is 10.0. The van der Waals surface area contributed by atoms with Crippen LogP contribution in [0.4, 0.5) is 5.69 Å². The lowest BCUT2D eigenvalue weighted by molar-refractivity contribution is -0.385. The van der Waals surface area contributed by atoms with Crippen molar-refractivity contribution in [3.63, 3.8) is 0 Å². The van der Waals surface area contributed by atoms with E-state index in [4.69, 9.17) is 10.5 Å². The van der Waals surface area contributed by atoms with Gasteiger partial charge in [0.15, 0.2) is 12.4 Å². The van der Waals surface area contributed by atoms with E-state index in [-0.39, 0.29) is 30.0 Å². The van der Waals surface area contributed by atoms with Crippen LogP contribution >= 0.6 is 0 Å². The van der Waals surface area contributed by atoms with Gasteiger partial charge in [0, 0.05) is 18.7 Å². The number of hydrogen-bond acceptors (Lipinski definition) is 5. The van der Waals surface area contributed by atoms with Crippen LogP contribution in [0.15, 0.2) is 24.3 Å². The molecule has 21 heavy (non-hydrogen) atoms. The number of carbonyl (C=O) groups is 1. The molecule has 0 aliphatic heterocycles. The number of nitro benzene ring substituents is 1. The zero-order chi connectivity index (χ0) is 15.8. The number of rotatable bonds is 8. The maximum absolute atomic E-state index is 11.8. The molecule has 1 aromatic carbocycles. The molecule has 0 aliphatic carbocycles. The van der Waals surface area contributed by atoms with Crippen LogP contribution in [-0.4, -0.2) is 30.0 Å². The highest BCUT2D eigenvalue weighted by Gasteiger charge is 2.16. The van der Waals surface area contributed by atoms with Gasteiger partial charge in [-0.25, -0.2) is 0 Å². The molecule has 0 saturated carbocycles. The summed E-state index contributed by atoms with van der Waals surface area (Å²) in [5.41, 5.74) is 5.43. The fourth-order valence-electron chi connectivity index (χ4n) is 1.93. The second-order valence-corrected chi connectivity index (χ2v) is 5.14. The minimum atomic E-state index is -0.547. The third kappa shape index (κ3) is 5.78. The Morgan fingerprint density at radius 1 is 1.43 bits per heavy atom. The molecule has 1 atom stereocenters. The van der Waals surface area contributed by atoms with Crippen molar-refractivity contribution < 1.29 is 14.5 Å². The van der Waals surface area contributed by atoms with Crippen molar-refractivity contribution in [3.8, 4) is 5.75 Å². The van der Waals surface area contributed by atoms with Crippen LogP contribution in [0.1, 0.15) is 20.3 Å². The molecule has 0 spiro atoms. The van der Waals surface area contributed by atoms with Crippen molar-refractivity contribution in [1.82, 2.24) is 5.32 Å². The minimum Gasteiger partial charge on any atom is -0.477 e. The Hall–Kier alpha value is -2.15. The van der Waals surface area contributed by atoms with Gasteiger partial charge in [0.1, 0.15) is 0 Å². The number of nitrogens with zero attached hydrogens (tertiary/aromatic N) is 1. The van der Waals surface area contributed by atoms with Crippen molar-refractivity contribution in [1.29, 1.82) is 0 Å². The van der Waals surface area contributed by atoms with Crippen LogP contribution in [-0.2, 0) is 4.79 Å². The molecule has 0 fully saturated rings. The number of nitro groups is 1. The molecule has 7 heteroatoms. The van der Waals surface area contributed by atoms with Gasteiger partial charge in [-0.1, -0.05) is 26.0 Å². The van der Waals surface area contributed by atoms with E-state index in [0.29, 0.717) is 12.5 Å². The first-order valence-corrected chi connectivity index (χ1v) is 6.79. The lowest BCUT2D eigenvalue weighted by Crippen LogP contribution is -2.43. The van der Waals surface area contributed by atoms with Crippen molar-refractivity contribution in [2.75, 3.05) is 13.2 Å². The van der Waals surface area contributed by atoms with Gasteiger partial charge in [0.25, 0.3) is 5.91 Å². The van der Waals surface area contributed by atoms with Crippen LogP contribution < -0.4 is 15.8 Å². The van der Waals surface area contributed by atoms with E-state index in [1.165, 1.54) is 18.2 Å². The van der Waals surface area contributed by atoms with Crippen molar-refractivity contribution in [3.05, 3.63) is 34.4 Å². The van der Waals surface area contributed by atoms with Crippen molar-refractivity contribution in [2.45, 2.75) is 26.3 Å². The van der Waals surface area contributed by atoms with Gasteiger partial charge in [0.2, 0.25) is 0 Å². The summed E-state index contributed by atoms with van der Waals surface area (Å²) >= 11 is 0. The molecular formula is C14H21N3O4. The maximum atomic E-state index is 11.8. The highest BCUT2D eigenvalue weighted by molar-refractivity contribution is 5.78. The Labute approximate surface area is 123 Å². The predicted octanol–water partition coefficient (Wildman–Crippen LogP) is 1.46. The summed E-state index contributed by atoms with van der Waals surface area (Å²) in [6, 6.07) is 5.82. The number of ether oxygens (including phenoxy) is 1. The number of carbonyl (C=O) groups excluding carboxylic acids is 1. The summed E-state index contributed by atoms with van der Waals surface area (Å²) in [5.74, 6) is 0.144. The van der Waals surface area contributed by atoms with E-state index in [2.05, 4.69) is 5.32 Å². The molecule has 0 heterocycles. The number of benzene rings is 1. The van der Waals surface area contributed by atoms with E-state index in [1.54, 1.807) is 6.07 Å². The molecule has 1 aromatic rings.